The molecule has 0 saturated carbocycles. The van der Waals surface area contributed by atoms with E-state index in [1.807, 2.05) is 43.5 Å². The Bertz CT molecular complexity index is 978. The van der Waals surface area contributed by atoms with Crippen LogP contribution in [0.1, 0.15) is 20.8 Å². The molecule has 1 N–H and O–H groups in total. The third kappa shape index (κ3) is 5.29. The molecule has 8 nitrogen and oxygen atoms in total. The van der Waals surface area contributed by atoms with Crippen LogP contribution in [-0.4, -0.2) is 44.6 Å². The summed E-state index contributed by atoms with van der Waals surface area (Å²) < 4.78 is 13.1. The molecule has 9 heteroatoms. The highest BCUT2D eigenvalue weighted by Gasteiger charge is 2.16. The van der Waals surface area contributed by atoms with E-state index in [-0.39, 0.29) is 11.7 Å². The highest BCUT2D eigenvalue weighted by Crippen LogP contribution is 2.30. The second kappa shape index (κ2) is 10.6. The molecule has 0 atom stereocenters. The summed E-state index contributed by atoms with van der Waals surface area (Å²) in [7, 11) is 0. The van der Waals surface area contributed by atoms with Gasteiger partial charge in [-0.15, -0.1) is 10.2 Å². The van der Waals surface area contributed by atoms with Crippen LogP contribution in [0.4, 0.5) is 5.69 Å². The van der Waals surface area contributed by atoms with Gasteiger partial charge in [0, 0.05) is 30.6 Å². The minimum Gasteiger partial charge on any atom is -0.494 e. The predicted octanol–water partition coefficient (Wildman–Crippen LogP) is 3.89. The summed E-state index contributed by atoms with van der Waals surface area (Å²) in [5.74, 6) is 2.04. The molecule has 0 aliphatic rings. The molecule has 0 unspecified atom stereocenters. The van der Waals surface area contributed by atoms with Crippen molar-refractivity contribution in [2.45, 2.75) is 32.5 Å². The Morgan fingerprint density at radius 2 is 1.97 bits per heavy atom. The minimum atomic E-state index is -0.164. The highest BCUT2D eigenvalue weighted by atomic mass is 32.2. The van der Waals surface area contributed by atoms with Crippen molar-refractivity contribution in [2.24, 2.45) is 0 Å². The van der Waals surface area contributed by atoms with Crippen molar-refractivity contribution in [1.29, 1.82) is 0 Å². The zero-order chi connectivity index (χ0) is 21.3. The minimum absolute atomic E-state index is 0.164. The van der Waals surface area contributed by atoms with Gasteiger partial charge in [-0.25, -0.2) is 0 Å². The van der Waals surface area contributed by atoms with Gasteiger partial charge in [-0.3, -0.25) is 9.78 Å². The lowest BCUT2D eigenvalue weighted by Gasteiger charge is -2.13. The van der Waals surface area contributed by atoms with Crippen LogP contribution in [0, 0.1) is 0 Å². The zero-order valence-corrected chi connectivity index (χ0v) is 18.1. The number of nitrogens with zero attached hydrogens (tertiary/aromatic N) is 4. The SMILES string of the molecule is CCOc1ccc(OCC)c(NC(=O)CSc2nnc(-c3cccnc3)n2CC)c1. The van der Waals surface area contributed by atoms with E-state index in [1.54, 1.807) is 24.5 Å². The number of benzene rings is 1. The van der Waals surface area contributed by atoms with Crippen molar-refractivity contribution in [3.05, 3.63) is 42.7 Å². The van der Waals surface area contributed by atoms with E-state index in [0.29, 0.717) is 42.1 Å². The Hall–Kier alpha value is -3.07. The molecule has 2 aromatic heterocycles. The van der Waals surface area contributed by atoms with E-state index in [4.69, 9.17) is 9.47 Å². The maximum atomic E-state index is 12.6. The number of carbonyl (C=O) groups excluding carboxylic acids is 1. The molecule has 2 heterocycles. The molecule has 3 rings (SSSR count). The average molecular weight is 428 g/mol. The standard InChI is InChI=1S/C21H25N5O3S/c1-4-26-20(15-8-7-11-22-13-15)24-25-21(26)30-14-19(27)23-17-12-16(28-5-2)9-10-18(17)29-6-3/h7-13H,4-6,14H2,1-3H3,(H,23,27). The van der Waals surface area contributed by atoms with Crippen LogP contribution in [0.5, 0.6) is 11.5 Å². The summed E-state index contributed by atoms with van der Waals surface area (Å²) in [6.45, 7) is 7.56. The molecule has 1 aromatic carbocycles. The van der Waals surface area contributed by atoms with Crippen LogP contribution < -0.4 is 14.8 Å². The van der Waals surface area contributed by atoms with E-state index < -0.39 is 0 Å². The van der Waals surface area contributed by atoms with E-state index in [2.05, 4.69) is 20.5 Å². The number of anilines is 1. The Labute approximate surface area is 180 Å². The van der Waals surface area contributed by atoms with Gasteiger partial charge in [-0.1, -0.05) is 11.8 Å². The number of thioether (sulfide) groups is 1. The first-order valence-corrected chi connectivity index (χ1v) is 10.8. The average Bonchev–Trinajstić information content (AvgIpc) is 3.18. The third-order valence-electron chi connectivity index (χ3n) is 4.12. The van der Waals surface area contributed by atoms with E-state index in [1.165, 1.54) is 11.8 Å². The van der Waals surface area contributed by atoms with Crippen molar-refractivity contribution in [3.8, 4) is 22.9 Å². The van der Waals surface area contributed by atoms with Gasteiger partial charge in [0.1, 0.15) is 11.5 Å². The highest BCUT2D eigenvalue weighted by molar-refractivity contribution is 7.99. The number of amides is 1. The molecule has 0 radical (unpaired) electrons. The third-order valence-corrected chi connectivity index (χ3v) is 5.09. The van der Waals surface area contributed by atoms with Crippen LogP contribution >= 0.6 is 11.8 Å². The molecule has 0 aliphatic carbocycles. The second-order valence-corrected chi connectivity index (χ2v) is 7.10. The van der Waals surface area contributed by atoms with Gasteiger partial charge < -0.3 is 19.4 Å². The molecule has 0 aliphatic heterocycles. The van der Waals surface area contributed by atoms with E-state index in [0.717, 1.165) is 11.4 Å². The van der Waals surface area contributed by atoms with Crippen LogP contribution in [0.25, 0.3) is 11.4 Å². The van der Waals surface area contributed by atoms with Gasteiger partial charge in [-0.2, -0.15) is 0 Å². The van der Waals surface area contributed by atoms with Gasteiger partial charge in [0.15, 0.2) is 11.0 Å². The lowest BCUT2D eigenvalue weighted by atomic mass is 10.2. The molecule has 0 saturated heterocycles. The van der Waals surface area contributed by atoms with Crippen molar-refractivity contribution in [1.82, 2.24) is 19.7 Å². The van der Waals surface area contributed by atoms with Crippen molar-refractivity contribution < 1.29 is 14.3 Å². The van der Waals surface area contributed by atoms with Gasteiger partial charge in [-0.05, 0) is 45.0 Å². The first kappa shape index (κ1) is 21.6. The van der Waals surface area contributed by atoms with Crippen LogP contribution in [0.2, 0.25) is 0 Å². The monoisotopic (exact) mass is 427 g/mol. The molecule has 0 bridgehead atoms. The number of hydrogen-bond acceptors (Lipinski definition) is 7. The van der Waals surface area contributed by atoms with Gasteiger partial charge in [0.2, 0.25) is 5.91 Å². The number of hydrogen-bond donors (Lipinski definition) is 1. The Kier molecular flexibility index (Phi) is 7.67. The topological polar surface area (TPSA) is 91.2 Å². The number of nitrogens with one attached hydrogen (secondary N) is 1. The lowest BCUT2D eigenvalue weighted by Crippen LogP contribution is -2.15. The van der Waals surface area contributed by atoms with E-state index in [9.17, 15) is 4.79 Å². The fourth-order valence-corrected chi connectivity index (χ4v) is 3.65. The molecular formula is C21H25N5O3S. The maximum absolute atomic E-state index is 12.6. The zero-order valence-electron chi connectivity index (χ0n) is 17.3. The smallest absolute Gasteiger partial charge is 0.234 e. The summed E-state index contributed by atoms with van der Waals surface area (Å²) in [4.78, 5) is 16.7. The van der Waals surface area contributed by atoms with Crippen LogP contribution in [0.15, 0.2) is 47.9 Å². The van der Waals surface area contributed by atoms with Crippen LogP contribution in [0.3, 0.4) is 0 Å². The summed E-state index contributed by atoms with van der Waals surface area (Å²) >= 11 is 1.33. The first-order chi connectivity index (χ1) is 14.7. The maximum Gasteiger partial charge on any atom is 0.234 e. The number of pyridine rings is 1. The van der Waals surface area contributed by atoms with Crippen LogP contribution in [-0.2, 0) is 11.3 Å². The molecule has 1 amide bonds. The van der Waals surface area contributed by atoms with Crippen molar-refractivity contribution in [2.75, 3.05) is 24.3 Å². The molecule has 158 valence electrons. The molecule has 0 fully saturated rings. The van der Waals surface area contributed by atoms with Crippen molar-refractivity contribution in [3.63, 3.8) is 0 Å². The summed E-state index contributed by atoms with van der Waals surface area (Å²) in [5.41, 5.74) is 1.47. The number of carbonyl (C=O) groups is 1. The molecule has 0 spiro atoms. The quantitative estimate of drug-likeness (QED) is 0.491. The Balaban J connectivity index is 1.69. The van der Waals surface area contributed by atoms with Gasteiger partial charge in [0.05, 0.1) is 24.7 Å². The largest absolute Gasteiger partial charge is 0.494 e. The number of rotatable bonds is 10. The Morgan fingerprint density at radius 3 is 2.67 bits per heavy atom. The molecular weight excluding hydrogens is 402 g/mol. The van der Waals surface area contributed by atoms with E-state index >= 15 is 0 Å². The normalized spacial score (nSPS) is 10.6. The first-order valence-electron chi connectivity index (χ1n) is 9.82. The fourth-order valence-electron chi connectivity index (χ4n) is 2.85. The molecule has 3 aromatic rings. The lowest BCUT2D eigenvalue weighted by molar-refractivity contribution is -0.113. The summed E-state index contributed by atoms with van der Waals surface area (Å²) in [5, 5.41) is 12.1. The second-order valence-electron chi connectivity index (χ2n) is 6.15. The fraction of sp³-hybridized carbons (Fsp3) is 0.333. The molecule has 30 heavy (non-hydrogen) atoms. The summed E-state index contributed by atoms with van der Waals surface area (Å²) in [6.07, 6.45) is 3.46. The predicted molar refractivity (Wildman–Crippen MR) is 117 cm³/mol. The van der Waals surface area contributed by atoms with Gasteiger partial charge in [0.25, 0.3) is 0 Å². The number of aromatic nitrogens is 4. The Morgan fingerprint density at radius 1 is 1.13 bits per heavy atom. The van der Waals surface area contributed by atoms with Gasteiger partial charge >= 0.3 is 0 Å². The summed E-state index contributed by atoms with van der Waals surface area (Å²) in [6, 6.07) is 9.18. The number of ether oxygens (including phenoxy) is 2. The van der Waals surface area contributed by atoms with Crippen molar-refractivity contribution >= 4 is 23.4 Å².